The van der Waals surface area contributed by atoms with Gasteiger partial charge in [-0.1, -0.05) is 24.4 Å². The summed E-state index contributed by atoms with van der Waals surface area (Å²) in [5.41, 5.74) is 5.59. The number of hydrogen-bond acceptors (Lipinski definition) is 8. The predicted molar refractivity (Wildman–Crippen MR) is 137 cm³/mol. The molecule has 1 aliphatic heterocycles. The number of rotatable bonds is 8. The van der Waals surface area contributed by atoms with E-state index in [1.165, 1.54) is 31.3 Å². The lowest BCUT2D eigenvalue weighted by Gasteiger charge is -2.27. The second-order valence-corrected chi connectivity index (χ2v) is 7.86. The van der Waals surface area contributed by atoms with Gasteiger partial charge in [0.15, 0.2) is 0 Å². The Morgan fingerprint density at radius 1 is 1.23 bits per heavy atom. The Morgan fingerprint density at radius 2 is 1.89 bits per heavy atom. The van der Waals surface area contributed by atoms with E-state index in [0.717, 1.165) is 6.07 Å². The molecule has 196 valence electrons. The summed E-state index contributed by atoms with van der Waals surface area (Å²) in [5, 5.41) is 22.9. The molecule has 0 aliphatic carbocycles. The third-order valence-corrected chi connectivity index (χ3v) is 5.42. The van der Waals surface area contributed by atoms with Gasteiger partial charge in [0.2, 0.25) is 5.43 Å². The van der Waals surface area contributed by atoms with Crippen molar-refractivity contribution in [3.05, 3.63) is 58.5 Å². The van der Waals surface area contributed by atoms with E-state index in [1.54, 1.807) is 12.1 Å². The SMILES string of the molecule is CN.O=c1ccc(-c2ccc(N(O)C[C@@H](O)CNC(=S)C(F)F)cc2F)ccc1N1CCOCC1.[HH].[HH]. The molecule has 0 saturated carbocycles. The maximum atomic E-state index is 14.8. The van der Waals surface area contributed by atoms with Crippen LogP contribution in [0.1, 0.15) is 2.85 Å². The van der Waals surface area contributed by atoms with Crippen LogP contribution in [-0.4, -0.2) is 74.3 Å². The van der Waals surface area contributed by atoms with Crippen molar-refractivity contribution in [1.82, 2.24) is 5.32 Å². The molecule has 0 radical (unpaired) electrons. The van der Waals surface area contributed by atoms with Gasteiger partial charge >= 0.3 is 0 Å². The van der Waals surface area contributed by atoms with Crippen molar-refractivity contribution in [3.8, 4) is 11.1 Å². The number of benzene rings is 1. The Bertz CT molecular complexity index is 1050. The van der Waals surface area contributed by atoms with Gasteiger partial charge in [-0.15, -0.1) is 0 Å². The molecular weight excluding hydrogens is 485 g/mol. The summed E-state index contributed by atoms with van der Waals surface area (Å²) in [6, 6.07) is 10.2. The third kappa shape index (κ3) is 8.15. The van der Waals surface area contributed by atoms with Gasteiger partial charge in [-0.2, -0.15) is 0 Å². The van der Waals surface area contributed by atoms with Gasteiger partial charge in [-0.05, 0) is 36.9 Å². The number of hydroxylamine groups is 1. The number of nitrogens with two attached hydrogens (primary N) is 1. The fraction of sp³-hybridized carbons (Fsp3) is 0.391. The Labute approximate surface area is 209 Å². The summed E-state index contributed by atoms with van der Waals surface area (Å²) in [6.45, 7) is 1.59. The number of nitrogens with one attached hydrogen (secondary N) is 1. The summed E-state index contributed by atoms with van der Waals surface area (Å²) in [5.74, 6) is -0.649. The van der Waals surface area contributed by atoms with Gasteiger partial charge in [-0.25, -0.2) is 13.2 Å². The molecule has 2 aromatic rings. The molecule has 5 N–H and O–H groups in total. The Balaban J connectivity index is 0.00000316. The first-order valence-electron chi connectivity index (χ1n) is 10.8. The minimum atomic E-state index is -2.85. The maximum Gasteiger partial charge on any atom is 0.288 e. The fourth-order valence-electron chi connectivity index (χ4n) is 3.37. The minimum absolute atomic E-state index is 0. The predicted octanol–water partition coefficient (Wildman–Crippen LogP) is 2.50. The fourth-order valence-corrected chi connectivity index (χ4v) is 3.45. The van der Waals surface area contributed by atoms with Crippen LogP contribution in [-0.2, 0) is 4.74 Å². The molecule has 0 bridgehead atoms. The number of aliphatic hydroxyl groups excluding tert-OH is 1. The van der Waals surface area contributed by atoms with Crippen LogP contribution in [0.2, 0.25) is 0 Å². The number of morpholine rings is 1. The highest BCUT2D eigenvalue weighted by Gasteiger charge is 2.17. The van der Waals surface area contributed by atoms with Crippen LogP contribution in [0.15, 0.2) is 47.3 Å². The van der Waals surface area contributed by atoms with Crippen molar-refractivity contribution in [2.24, 2.45) is 5.73 Å². The van der Waals surface area contributed by atoms with Crippen LogP contribution in [0, 0.1) is 5.82 Å². The van der Waals surface area contributed by atoms with E-state index in [1.807, 2.05) is 4.90 Å². The summed E-state index contributed by atoms with van der Waals surface area (Å²) in [6.07, 6.45) is -4.09. The van der Waals surface area contributed by atoms with Crippen LogP contribution in [0.5, 0.6) is 0 Å². The largest absolute Gasteiger partial charge is 0.389 e. The highest BCUT2D eigenvalue weighted by atomic mass is 32.1. The summed E-state index contributed by atoms with van der Waals surface area (Å²) < 4.78 is 44.9. The first-order chi connectivity index (χ1) is 16.8. The maximum absolute atomic E-state index is 14.8. The Hall–Kier alpha value is -2.77. The van der Waals surface area contributed by atoms with E-state index < -0.39 is 23.3 Å². The summed E-state index contributed by atoms with van der Waals surface area (Å²) in [4.78, 5) is 13.7. The van der Waals surface area contributed by atoms with E-state index >= 15 is 0 Å². The van der Waals surface area contributed by atoms with Crippen molar-refractivity contribution in [2.45, 2.75) is 12.5 Å². The molecule has 0 spiro atoms. The third-order valence-electron chi connectivity index (χ3n) is 5.09. The average Bonchev–Trinajstić information content (AvgIpc) is 3.05. The van der Waals surface area contributed by atoms with Crippen LogP contribution in [0.25, 0.3) is 11.1 Å². The van der Waals surface area contributed by atoms with Gasteiger partial charge in [0.05, 0.1) is 37.2 Å². The molecule has 3 rings (SSSR count). The zero-order valence-corrected chi connectivity index (χ0v) is 20.0. The van der Waals surface area contributed by atoms with Crippen molar-refractivity contribution >= 4 is 28.6 Å². The van der Waals surface area contributed by atoms with Crippen molar-refractivity contribution < 1.29 is 31.1 Å². The quantitative estimate of drug-likeness (QED) is 0.309. The number of ether oxygens (including phenoxy) is 1. The standard InChI is InChI=1S/C22H24F3N3O4S.CH5N.2H2/c23-18-11-15(28(31)13-16(29)12-26-22(33)21(24)25)3-4-17(18)14-1-5-19(20(30)6-2-14)27-7-9-32-10-8-27;1-2;;/h1-6,11,16,21,29,31H,7-10,12-13H2,(H,26,33);2H2,1H3;2*1H/t16-;;;/m0.../s1. The zero-order valence-electron chi connectivity index (χ0n) is 19.2. The minimum Gasteiger partial charge on any atom is -0.389 e. The van der Waals surface area contributed by atoms with Gasteiger partial charge in [-0.3, -0.25) is 15.1 Å². The lowest BCUT2D eigenvalue weighted by Crippen LogP contribution is -2.40. The molecule has 1 aliphatic rings. The van der Waals surface area contributed by atoms with Crippen molar-refractivity contribution in [3.63, 3.8) is 0 Å². The first kappa shape index (κ1) is 28.5. The van der Waals surface area contributed by atoms with Gasteiger partial charge in [0.25, 0.3) is 6.43 Å². The molecule has 35 heavy (non-hydrogen) atoms. The molecule has 0 unspecified atom stereocenters. The van der Waals surface area contributed by atoms with E-state index in [4.69, 9.17) is 4.74 Å². The molecule has 2 aromatic carbocycles. The number of alkyl halides is 2. The van der Waals surface area contributed by atoms with Crippen molar-refractivity contribution in [1.29, 1.82) is 0 Å². The molecule has 1 atom stereocenters. The monoisotopic (exact) mass is 518 g/mol. The number of aliphatic hydroxyl groups is 1. The number of thiocarbonyl (C=S) groups is 1. The van der Waals surface area contributed by atoms with Gasteiger partial charge < -0.3 is 25.8 Å². The van der Waals surface area contributed by atoms with Gasteiger partial charge in [0.1, 0.15) is 10.8 Å². The molecule has 0 amide bonds. The number of halogens is 3. The Morgan fingerprint density at radius 3 is 2.51 bits per heavy atom. The highest BCUT2D eigenvalue weighted by Crippen LogP contribution is 2.26. The summed E-state index contributed by atoms with van der Waals surface area (Å²) in [7, 11) is 1.50. The second kappa shape index (κ2) is 14.0. The lowest BCUT2D eigenvalue weighted by molar-refractivity contribution is 0.122. The number of anilines is 2. The van der Waals surface area contributed by atoms with E-state index in [2.05, 4.69) is 23.3 Å². The van der Waals surface area contributed by atoms with E-state index in [9.17, 15) is 28.3 Å². The second-order valence-electron chi connectivity index (χ2n) is 7.42. The molecule has 1 saturated heterocycles. The van der Waals surface area contributed by atoms with Crippen LogP contribution >= 0.6 is 12.2 Å². The van der Waals surface area contributed by atoms with Crippen LogP contribution in [0.3, 0.4) is 0 Å². The zero-order chi connectivity index (χ0) is 26.0. The lowest BCUT2D eigenvalue weighted by atomic mass is 10.1. The topological polar surface area (TPSA) is 111 Å². The smallest absolute Gasteiger partial charge is 0.288 e. The number of nitrogens with zero attached hydrogens (tertiary/aromatic N) is 2. The van der Waals surface area contributed by atoms with Crippen molar-refractivity contribution in [2.75, 3.05) is 56.4 Å². The van der Waals surface area contributed by atoms with E-state index in [-0.39, 0.29) is 32.6 Å². The molecular formula is C23H33F3N4O4S. The van der Waals surface area contributed by atoms with Gasteiger partial charge in [0, 0.05) is 34.1 Å². The molecule has 8 nitrogen and oxygen atoms in total. The molecule has 12 heteroatoms. The summed E-state index contributed by atoms with van der Waals surface area (Å²) >= 11 is 4.42. The first-order valence-corrected chi connectivity index (χ1v) is 11.2. The average molecular weight is 519 g/mol. The van der Waals surface area contributed by atoms with E-state index in [0.29, 0.717) is 42.6 Å². The molecule has 1 fully saturated rings. The number of hydrogen-bond donors (Lipinski definition) is 4. The highest BCUT2D eigenvalue weighted by molar-refractivity contribution is 7.80. The van der Waals surface area contributed by atoms with Crippen LogP contribution < -0.4 is 26.4 Å². The molecule has 0 aromatic heterocycles. The Kier molecular flexibility index (Phi) is 11.3. The van der Waals surface area contributed by atoms with Crippen LogP contribution in [0.4, 0.5) is 24.5 Å². The molecule has 1 heterocycles. The normalized spacial score (nSPS) is 14.1.